The molecule has 0 bridgehead atoms. The largest absolute Gasteiger partial charge is 0.448 e. The van der Waals surface area contributed by atoms with Crippen molar-refractivity contribution in [2.24, 2.45) is 0 Å². The van der Waals surface area contributed by atoms with E-state index in [2.05, 4.69) is 5.10 Å². The summed E-state index contributed by atoms with van der Waals surface area (Å²) in [6, 6.07) is 9.58. The molecule has 0 radical (unpaired) electrons. The lowest BCUT2D eigenvalue weighted by Gasteiger charge is -1.99. The highest BCUT2D eigenvalue weighted by Crippen LogP contribution is 2.22. The number of nitrogens with zero attached hydrogens (tertiary/aromatic N) is 2. The quantitative estimate of drug-likeness (QED) is 0.782. The molecule has 1 heterocycles. The maximum absolute atomic E-state index is 11.5. The molecule has 88 valence electrons. The van der Waals surface area contributed by atoms with E-state index in [-0.39, 0.29) is 0 Å². The normalized spacial score (nSPS) is 10.2. The Morgan fingerprint density at radius 2 is 2.18 bits per heavy atom. The Morgan fingerprint density at radius 3 is 2.82 bits per heavy atom. The zero-order chi connectivity index (χ0) is 12.3. The summed E-state index contributed by atoms with van der Waals surface area (Å²) in [5, 5.41) is 4.87. The van der Waals surface area contributed by atoms with E-state index in [9.17, 15) is 4.79 Å². The van der Waals surface area contributed by atoms with Gasteiger partial charge in [-0.15, -0.1) is 9.78 Å². The summed E-state index contributed by atoms with van der Waals surface area (Å²) in [7, 11) is 0. The van der Waals surface area contributed by atoms with Crippen molar-refractivity contribution in [3.8, 4) is 10.6 Å². The smallest absolute Gasteiger partial charge is 0.436 e. The lowest BCUT2D eigenvalue weighted by molar-refractivity contribution is 0.150. The van der Waals surface area contributed by atoms with E-state index in [1.807, 2.05) is 30.3 Å². The molecule has 0 unspecified atom stereocenters. The summed E-state index contributed by atoms with van der Waals surface area (Å²) in [6.07, 6.45) is -0.532. The highest BCUT2D eigenvalue weighted by atomic mass is 32.1. The van der Waals surface area contributed by atoms with Crippen molar-refractivity contribution >= 4 is 29.6 Å². The van der Waals surface area contributed by atoms with Gasteiger partial charge in [-0.2, -0.15) is 0 Å². The molecular weight excluding hydrogens is 256 g/mol. The molecular formula is C11H10N2O2S2. The van der Waals surface area contributed by atoms with E-state index < -0.39 is 6.09 Å². The highest BCUT2D eigenvalue weighted by molar-refractivity contribution is 7.73. The minimum atomic E-state index is -0.532. The SMILES string of the molecule is CCOC(=O)n1nc(-c2ccccc2)sc1=S. The molecule has 0 saturated carbocycles. The number of hydrogen-bond acceptors (Lipinski definition) is 5. The average molecular weight is 266 g/mol. The van der Waals surface area contributed by atoms with Crippen LogP contribution in [0.2, 0.25) is 0 Å². The van der Waals surface area contributed by atoms with Crippen LogP contribution in [0.4, 0.5) is 4.79 Å². The monoisotopic (exact) mass is 266 g/mol. The topological polar surface area (TPSA) is 44.1 Å². The van der Waals surface area contributed by atoms with E-state index in [0.29, 0.717) is 15.6 Å². The highest BCUT2D eigenvalue weighted by Gasteiger charge is 2.12. The standard InChI is InChI=1S/C11H10N2O2S2/c1-2-15-10(14)13-11(16)17-9(12-13)8-6-4-3-5-7-8/h3-7H,2H2,1H3. The van der Waals surface area contributed by atoms with Gasteiger partial charge in [0.2, 0.25) is 0 Å². The minimum Gasteiger partial charge on any atom is -0.448 e. The number of carbonyl (C=O) groups excluding carboxylic acids is 1. The van der Waals surface area contributed by atoms with Crippen LogP contribution in [0.5, 0.6) is 0 Å². The van der Waals surface area contributed by atoms with Gasteiger partial charge in [0.25, 0.3) is 0 Å². The summed E-state index contributed by atoms with van der Waals surface area (Å²) in [5.74, 6) is 0. The van der Waals surface area contributed by atoms with Gasteiger partial charge < -0.3 is 4.74 Å². The Bertz CT molecular complexity index is 575. The first-order chi connectivity index (χ1) is 8.22. The van der Waals surface area contributed by atoms with Gasteiger partial charge in [-0.05, 0) is 19.1 Å². The predicted octanol–water partition coefficient (Wildman–Crippen LogP) is 3.35. The van der Waals surface area contributed by atoms with Gasteiger partial charge in [-0.3, -0.25) is 0 Å². The Morgan fingerprint density at radius 1 is 1.47 bits per heavy atom. The van der Waals surface area contributed by atoms with Crippen LogP contribution in [-0.2, 0) is 4.74 Å². The van der Waals surface area contributed by atoms with Gasteiger partial charge >= 0.3 is 6.09 Å². The van der Waals surface area contributed by atoms with Crippen molar-refractivity contribution in [2.45, 2.75) is 6.92 Å². The fourth-order valence-electron chi connectivity index (χ4n) is 1.28. The maximum Gasteiger partial charge on any atom is 0.436 e. The summed E-state index contributed by atoms with van der Waals surface area (Å²) in [6.45, 7) is 2.05. The lowest BCUT2D eigenvalue weighted by atomic mass is 10.2. The molecule has 0 N–H and O–H groups in total. The van der Waals surface area contributed by atoms with Crippen LogP contribution in [0.3, 0.4) is 0 Å². The van der Waals surface area contributed by atoms with Crippen molar-refractivity contribution in [3.63, 3.8) is 0 Å². The maximum atomic E-state index is 11.5. The second-order valence-corrected chi connectivity index (χ2v) is 4.77. The Labute approximate surface area is 107 Å². The molecule has 17 heavy (non-hydrogen) atoms. The first-order valence-corrected chi connectivity index (χ1v) is 6.27. The van der Waals surface area contributed by atoms with Crippen molar-refractivity contribution in [2.75, 3.05) is 6.61 Å². The fourth-order valence-corrected chi connectivity index (χ4v) is 2.37. The van der Waals surface area contributed by atoms with Gasteiger partial charge in [0, 0.05) is 5.56 Å². The molecule has 1 aromatic carbocycles. The third-order valence-corrected chi connectivity index (χ3v) is 3.29. The van der Waals surface area contributed by atoms with Gasteiger partial charge in [-0.25, -0.2) is 4.79 Å². The first-order valence-electron chi connectivity index (χ1n) is 5.05. The summed E-state index contributed by atoms with van der Waals surface area (Å²) < 4.78 is 6.37. The summed E-state index contributed by atoms with van der Waals surface area (Å²) in [4.78, 5) is 11.5. The zero-order valence-corrected chi connectivity index (χ0v) is 10.8. The molecule has 0 fully saturated rings. The van der Waals surface area contributed by atoms with Gasteiger partial charge in [0.1, 0.15) is 5.01 Å². The fraction of sp³-hybridized carbons (Fsp3) is 0.182. The predicted molar refractivity (Wildman–Crippen MR) is 68.8 cm³/mol. The van der Waals surface area contributed by atoms with Crippen molar-refractivity contribution < 1.29 is 9.53 Å². The number of aromatic nitrogens is 2. The van der Waals surface area contributed by atoms with E-state index in [1.54, 1.807) is 6.92 Å². The molecule has 0 aliphatic heterocycles. The zero-order valence-electron chi connectivity index (χ0n) is 9.12. The Hall–Kier alpha value is -1.53. The third kappa shape index (κ3) is 2.59. The molecule has 0 spiro atoms. The van der Waals surface area contributed by atoms with Gasteiger partial charge in [-0.1, -0.05) is 41.7 Å². The minimum absolute atomic E-state index is 0.304. The lowest BCUT2D eigenvalue weighted by Crippen LogP contribution is -2.14. The van der Waals surface area contributed by atoms with Crippen LogP contribution in [-0.4, -0.2) is 22.5 Å². The van der Waals surface area contributed by atoms with Crippen molar-refractivity contribution in [1.29, 1.82) is 0 Å². The molecule has 0 saturated heterocycles. The van der Waals surface area contributed by atoms with Crippen LogP contribution < -0.4 is 0 Å². The molecule has 0 amide bonds. The van der Waals surface area contributed by atoms with Crippen LogP contribution in [0.25, 0.3) is 10.6 Å². The molecule has 0 atom stereocenters. The number of carbonyl (C=O) groups is 1. The third-order valence-electron chi connectivity index (χ3n) is 2.01. The second-order valence-electron chi connectivity index (χ2n) is 3.15. The van der Waals surface area contributed by atoms with Crippen molar-refractivity contribution in [1.82, 2.24) is 9.78 Å². The summed E-state index contributed by atoms with van der Waals surface area (Å²) in [5.41, 5.74) is 0.937. The second kappa shape index (κ2) is 5.20. The molecule has 6 heteroatoms. The number of hydrogen-bond donors (Lipinski definition) is 0. The van der Waals surface area contributed by atoms with Crippen molar-refractivity contribution in [3.05, 3.63) is 34.3 Å². The van der Waals surface area contributed by atoms with Crippen LogP contribution >= 0.6 is 23.6 Å². The van der Waals surface area contributed by atoms with E-state index >= 15 is 0 Å². The molecule has 0 aliphatic carbocycles. The van der Waals surface area contributed by atoms with E-state index in [1.165, 1.54) is 11.3 Å². The van der Waals surface area contributed by atoms with Crippen LogP contribution in [0, 0.1) is 3.95 Å². The Balaban J connectivity index is 2.38. The van der Waals surface area contributed by atoms with Gasteiger partial charge in [0.05, 0.1) is 6.61 Å². The first kappa shape index (κ1) is 11.9. The summed E-state index contributed by atoms with van der Waals surface area (Å²) >= 11 is 6.37. The number of ether oxygens (including phenoxy) is 1. The Kier molecular flexibility index (Phi) is 3.65. The van der Waals surface area contributed by atoms with Crippen LogP contribution in [0.1, 0.15) is 6.92 Å². The van der Waals surface area contributed by atoms with Gasteiger partial charge in [0.15, 0.2) is 3.95 Å². The molecule has 0 aliphatic rings. The molecule has 2 aromatic rings. The number of benzene rings is 1. The van der Waals surface area contributed by atoms with E-state index in [0.717, 1.165) is 10.2 Å². The van der Waals surface area contributed by atoms with Crippen LogP contribution in [0.15, 0.2) is 30.3 Å². The van der Waals surface area contributed by atoms with E-state index in [4.69, 9.17) is 17.0 Å². The molecule has 1 aromatic heterocycles. The number of rotatable bonds is 2. The average Bonchev–Trinajstić information content (AvgIpc) is 2.73. The molecule has 4 nitrogen and oxygen atoms in total. The molecule has 2 rings (SSSR count).